The van der Waals surface area contributed by atoms with Gasteiger partial charge in [-0.1, -0.05) is 27.7 Å². The first kappa shape index (κ1) is 14.4. The Hall–Kier alpha value is -0.570. The van der Waals surface area contributed by atoms with Crippen molar-refractivity contribution in [2.75, 3.05) is 7.11 Å². The van der Waals surface area contributed by atoms with Crippen molar-refractivity contribution in [3.8, 4) is 0 Å². The van der Waals surface area contributed by atoms with E-state index in [1.165, 1.54) is 0 Å². The Balaban J connectivity index is 4.01. The van der Waals surface area contributed by atoms with Crippen molar-refractivity contribution in [3.05, 3.63) is 0 Å². The second-order valence-corrected chi connectivity index (χ2v) is 5.56. The van der Waals surface area contributed by atoms with Crippen LogP contribution in [-0.4, -0.2) is 24.3 Å². The van der Waals surface area contributed by atoms with Gasteiger partial charge in [-0.05, 0) is 24.2 Å². The van der Waals surface area contributed by atoms with Gasteiger partial charge in [0.25, 0.3) is 0 Å². The predicted molar refractivity (Wildman–Crippen MR) is 60.9 cm³/mol. The summed E-state index contributed by atoms with van der Waals surface area (Å²) < 4.78 is 5.17. The lowest BCUT2D eigenvalue weighted by Gasteiger charge is -2.25. The van der Waals surface area contributed by atoms with Crippen LogP contribution in [0.1, 0.15) is 47.0 Å². The van der Waals surface area contributed by atoms with Gasteiger partial charge < -0.3 is 9.84 Å². The highest BCUT2D eigenvalue weighted by Gasteiger charge is 2.20. The van der Waals surface area contributed by atoms with Crippen molar-refractivity contribution >= 4 is 5.97 Å². The zero-order valence-corrected chi connectivity index (χ0v) is 10.5. The summed E-state index contributed by atoms with van der Waals surface area (Å²) in [5, 5.41) is 8.68. The van der Waals surface area contributed by atoms with Crippen molar-refractivity contribution in [1.29, 1.82) is 0 Å². The molecule has 3 nitrogen and oxygen atoms in total. The SMILES string of the molecule is COC(CC(=O)O)CC(C)CC(C)(C)C. The van der Waals surface area contributed by atoms with Crippen molar-refractivity contribution in [1.82, 2.24) is 0 Å². The monoisotopic (exact) mass is 216 g/mol. The maximum absolute atomic E-state index is 10.6. The lowest BCUT2D eigenvalue weighted by Crippen LogP contribution is -2.21. The normalized spacial score (nSPS) is 16.1. The number of aliphatic carboxylic acids is 1. The fraction of sp³-hybridized carbons (Fsp3) is 0.917. The molecule has 0 aliphatic heterocycles. The smallest absolute Gasteiger partial charge is 0.305 e. The Morgan fingerprint density at radius 1 is 1.40 bits per heavy atom. The molecule has 0 rings (SSSR count). The number of ether oxygens (including phenoxy) is 1. The molecule has 0 heterocycles. The minimum Gasteiger partial charge on any atom is -0.481 e. The average molecular weight is 216 g/mol. The molecule has 0 amide bonds. The van der Waals surface area contributed by atoms with E-state index in [1.54, 1.807) is 7.11 Å². The largest absolute Gasteiger partial charge is 0.481 e. The third-order valence-electron chi connectivity index (χ3n) is 2.36. The maximum Gasteiger partial charge on any atom is 0.305 e. The maximum atomic E-state index is 10.6. The Bertz CT molecular complexity index is 194. The van der Waals surface area contributed by atoms with Gasteiger partial charge in [-0.2, -0.15) is 0 Å². The van der Waals surface area contributed by atoms with Crippen molar-refractivity contribution < 1.29 is 14.6 Å². The van der Waals surface area contributed by atoms with Gasteiger partial charge in [0.1, 0.15) is 0 Å². The molecular weight excluding hydrogens is 192 g/mol. The molecule has 0 spiro atoms. The third kappa shape index (κ3) is 8.43. The summed E-state index contributed by atoms with van der Waals surface area (Å²) in [6.45, 7) is 8.74. The van der Waals surface area contributed by atoms with E-state index in [1.807, 2.05) is 0 Å². The van der Waals surface area contributed by atoms with E-state index >= 15 is 0 Å². The molecule has 3 heteroatoms. The molecular formula is C12H24O3. The topological polar surface area (TPSA) is 46.5 Å². The molecule has 90 valence electrons. The van der Waals surface area contributed by atoms with Crippen LogP contribution in [0.5, 0.6) is 0 Å². The highest BCUT2D eigenvalue weighted by Crippen LogP contribution is 2.27. The van der Waals surface area contributed by atoms with Crippen molar-refractivity contribution in [2.24, 2.45) is 11.3 Å². The minimum atomic E-state index is -0.787. The molecule has 0 aromatic carbocycles. The number of carboxylic acids is 1. The van der Waals surface area contributed by atoms with Crippen LogP contribution < -0.4 is 0 Å². The second kappa shape index (κ2) is 6.11. The number of methoxy groups -OCH3 is 1. The Labute approximate surface area is 92.8 Å². The Morgan fingerprint density at radius 2 is 1.93 bits per heavy atom. The number of hydrogen-bond donors (Lipinski definition) is 1. The van der Waals surface area contributed by atoms with Gasteiger partial charge in [-0.25, -0.2) is 0 Å². The Morgan fingerprint density at radius 3 is 2.27 bits per heavy atom. The van der Waals surface area contributed by atoms with Crippen LogP contribution >= 0.6 is 0 Å². The van der Waals surface area contributed by atoms with E-state index in [2.05, 4.69) is 27.7 Å². The molecule has 0 radical (unpaired) electrons. The molecule has 0 saturated carbocycles. The first-order valence-electron chi connectivity index (χ1n) is 5.49. The van der Waals surface area contributed by atoms with Gasteiger partial charge in [-0.15, -0.1) is 0 Å². The standard InChI is InChI=1S/C12H24O3/c1-9(8-12(2,3)4)6-10(15-5)7-11(13)14/h9-10H,6-8H2,1-5H3,(H,13,14). The molecule has 2 atom stereocenters. The van der Waals surface area contributed by atoms with Gasteiger partial charge in [0, 0.05) is 7.11 Å². The van der Waals surface area contributed by atoms with Gasteiger partial charge >= 0.3 is 5.97 Å². The number of carboxylic acid groups (broad SMARTS) is 1. The van der Waals surface area contributed by atoms with E-state index < -0.39 is 5.97 Å². The summed E-state index contributed by atoms with van der Waals surface area (Å²) in [5.41, 5.74) is 0.293. The van der Waals surface area contributed by atoms with Crippen LogP contribution in [-0.2, 0) is 9.53 Å². The predicted octanol–water partition coefficient (Wildman–Crippen LogP) is 2.94. The molecule has 0 aliphatic rings. The summed E-state index contributed by atoms with van der Waals surface area (Å²) in [7, 11) is 1.58. The first-order chi connectivity index (χ1) is 6.74. The van der Waals surface area contributed by atoms with Crippen molar-refractivity contribution in [2.45, 2.75) is 53.1 Å². The van der Waals surface area contributed by atoms with Crippen LogP contribution in [0.2, 0.25) is 0 Å². The van der Waals surface area contributed by atoms with Crippen LogP contribution in [0.4, 0.5) is 0 Å². The molecule has 0 fully saturated rings. The fourth-order valence-electron chi connectivity index (χ4n) is 2.04. The summed E-state index contributed by atoms with van der Waals surface area (Å²) in [6, 6.07) is 0. The Kier molecular flexibility index (Phi) is 5.88. The lowest BCUT2D eigenvalue weighted by atomic mass is 9.83. The van der Waals surface area contributed by atoms with Crippen LogP contribution in [0.3, 0.4) is 0 Å². The van der Waals surface area contributed by atoms with Gasteiger partial charge in [0.2, 0.25) is 0 Å². The molecule has 0 bridgehead atoms. The lowest BCUT2D eigenvalue weighted by molar-refractivity contribution is -0.140. The highest BCUT2D eigenvalue weighted by atomic mass is 16.5. The van der Waals surface area contributed by atoms with Crippen LogP contribution in [0.25, 0.3) is 0 Å². The van der Waals surface area contributed by atoms with Gasteiger partial charge in [0.05, 0.1) is 12.5 Å². The summed E-state index contributed by atoms with van der Waals surface area (Å²) >= 11 is 0. The van der Waals surface area contributed by atoms with E-state index in [0.717, 1.165) is 12.8 Å². The molecule has 2 unspecified atom stereocenters. The van der Waals surface area contributed by atoms with Crippen LogP contribution in [0, 0.1) is 11.3 Å². The van der Waals surface area contributed by atoms with Gasteiger partial charge in [0.15, 0.2) is 0 Å². The zero-order chi connectivity index (χ0) is 12.1. The highest BCUT2D eigenvalue weighted by molar-refractivity contribution is 5.67. The van der Waals surface area contributed by atoms with Crippen molar-refractivity contribution in [3.63, 3.8) is 0 Å². The first-order valence-corrected chi connectivity index (χ1v) is 5.49. The molecule has 0 aromatic rings. The molecule has 0 aliphatic carbocycles. The second-order valence-electron chi connectivity index (χ2n) is 5.56. The summed E-state index contributed by atoms with van der Waals surface area (Å²) in [6.07, 6.45) is 1.86. The van der Waals surface area contributed by atoms with Crippen LogP contribution in [0.15, 0.2) is 0 Å². The fourth-order valence-corrected chi connectivity index (χ4v) is 2.04. The number of hydrogen-bond acceptors (Lipinski definition) is 2. The number of carbonyl (C=O) groups is 1. The molecule has 0 saturated heterocycles. The summed E-state index contributed by atoms with van der Waals surface area (Å²) in [4.78, 5) is 10.6. The zero-order valence-electron chi connectivity index (χ0n) is 10.5. The quantitative estimate of drug-likeness (QED) is 0.742. The van der Waals surface area contributed by atoms with Gasteiger partial charge in [-0.3, -0.25) is 4.79 Å². The van der Waals surface area contributed by atoms with E-state index in [0.29, 0.717) is 11.3 Å². The molecule has 1 N–H and O–H groups in total. The molecule has 15 heavy (non-hydrogen) atoms. The average Bonchev–Trinajstić information content (AvgIpc) is 1.98. The van der Waals surface area contributed by atoms with E-state index in [9.17, 15) is 4.79 Å². The minimum absolute atomic E-state index is 0.102. The number of rotatable bonds is 6. The molecule has 0 aromatic heterocycles. The van der Waals surface area contributed by atoms with E-state index in [4.69, 9.17) is 9.84 Å². The third-order valence-corrected chi connectivity index (χ3v) is 2.36. The summed E-state index contributed by atoms with van der Waals surface area (Å²) in [5.74, 6) is -0.292. The van der Waals surface area contributed by atoms with E-state index in [-0.39, 0.29) is 12.5 Å².